The van der Waals surface area contributed by atoms with E-state index in [1.54, 1.807) is 17.0 Å². The normalized spacial score (nSPS) is 23.0. The lowest BCUT2D eigenvalue weighted by Gasteiger charge is -2.41. The second-order valence-corrected chi connectivity index (χ2v) is 14.2. The predicted octanol–water partition coefficient (Wildman–Crippen LogP) is 4.07. The van der Waals surface area contributed by atoms with Crippen LogP contribution in [0.2, 0.25) is 0 Å². The standard InChI is InChI=1S/C29H36N6O5S/c1-29(2,3)26(35-22-10-6-4-8-18(22)12-24(35)31-28(30)38)27(37)34-16-20-13-21(34)15-33(20)25(36)17-32-14-19-9-5-7-11-23(19)41(32,39)40/h4-12,20-21,26,39-40H,13-17H2,1-3H3,(H3,30,31,38)/t20-,21-,26+/m0/s1. The van der Waals surface area contributed by atoms with Crippen molar-refractivity contribution < 1.29 is 23.5 Å². The van der Waals surface area contributed by atoms with Crippen LogP contribution >= 0.6 is 10.8 Å². The number of benzene rings is 2. The van der Waals surface area contributed by atoms with Crippen molar-refractivity contribution in [2.45, 2.75) is 56.8 Å². The zero-order valence-corrected chi connectivity index (χ0v) is 24.2. The maximum Gasteiger partial charge on any atom is 0.317 e. The van der Waals surface area contributed by atoms with E-state index in [0.717, 1.165) is 16.5 Å². The Morgan fingerprint density at radius 2 is 1.68 bits per heavy atom. The van der Waals surface area contributed by atoms with Gasteiger partial charge in [-0.05, 0) is 35.6 Å². The summed E-state index contributed by atoms with van der Waals surface area (Å²) in [6, 6.07) is 15.0. The average Bonchev–Trinajstić information content (AvgIpc) is 3.65. The quantitative estimate of drug-likeness (QED) is 0.358. The number of aromatic nitrogens is 1. The third kappa shape index (κ3) is 4.64. The van der Waals surface area contributed by atoms with Gasteiger partial charge < -0.3 is 20.1 Å². The Morgan fingerprint density at radius 3 is 2.34 bits per heavy atom. The predicted molar refractivity (Wildman–Crippen MR) is 157 cm³/mol. The Morgan fingerprint density at radius 1 is 1.02 bits per heavy atom. The molecule has 11 nitrogen and oxygen atoms in total. The Balaban J connectivity index is 1.21. The van der Waals surface area contributed by atoms with E-state index in [4.69, 9.17) is 5.73 Å². The number of rotatable bonds is 5. The van der Waals surface area contributed by atoms with Crippen LogP contribution < -0.4 is 11.1 Å². The van der Waals surface area contributed by atoms with Gasteiger partial charge in [0.1, 0.15) is 11.9 Å². The van der Waals surface area contributed by atoms with Gasteiger partial charge >= 0.3 is 6.03 Å². The van der Waals surface area contributed by atoms with Crippen molar-refractivity contribution in [2.75, 3.05) is 25.0 Å². The first-order valence-corrected chi connectivity index (χ1v) is 15.2. The molecule has 2 aromatic carbocycles. The van der Waals surface area contributed by atoms with Gasteiger partial charge in [-0.3, -0.25) is 24.0 Å². The lowest BCUT2D eigenvalue weighted by atomic mass is 9.85. The monoisotopic (exact) mass is 580 g/mol. The van der Waals surface area contributed by atoms with Crippen molar-refractivity contribution in [3.63, 3.8) is 0 Å². The summed E-state index contributed by atoms with van der Waals surface area (Å²) in [5, 5.41) is 3.58. The lowest BCUT2D eigenvalue weighted by molar-refractivity contribution is -0.144. The number of primary amides is 1. The number of fused-ring (bicyclic) bond motifs is 4. The largest absolute Gasteiger partial charge is 0.351 e. The molecular formula is C29H36N6O5S. The maximum absolute atomic E-state index is 14.3. The summed E-state index contributed by atoms with van der Waals surface area (Å²) in [6.45, 7) is 6.98. The van der Waals surface area contributed by atoms with Gasteiger partial charge in [-0.2, -0.15) is 4.31 Å². The third-order valence-electron chi connectivity index (χ3n) is 8.44. The van der Waals surface area contributed by atoms with Gasteiger partial charge in [-0.25, -0.2) is 4.79 Å². The molecule has 4 heterocycles. The van der Waals surface area contributed by atoms with Crippen molar-refractivity contribution in [3.05, 3.63) is 60.2 Å². The Hall–Kier alpha value is -3.58. The van der Waals surface area contributed by atoms with Crippen LogP contribution in [0.25, 0.3) is 10.9 Å². The zero-order chi connectivity index (χ0) is 29.3. The fourth-order valence-corrected chi connectivity index (χ4v) is 8.29. The Kier molecular flexibility index (Phi) is 6.57. The number of nitrogens with two attached hydrogens (primary N) is 1. The fraction of sp³-hybridized carbons (Fsp3) is 0.414. The van der Waals surface area contributed by atoms with E-state index < -0.39 is 28.3 Å². The van der Waals surface area contributed by atoms with E-state index in [0.29, 0.717) is 36.8 Å². The Bertz CT molecular complexity index is 1550. The minimum absolute atomic E-state index is 0.0739. The Labute approximate surface area is 240 Å². The number of carbonyl (C=O) groups excluding carboxylic acids is 3. The molecule has 2 bridgehead atoms. The van der Waals surface area contributed by atoms with Gasteiger partial charge in [0.15, 0.2) is 0 Å². The van der Waals surface area contributed by atoms with Crippen LogP contribution in [-0.2, 0) is 16.1 Å². The molecule has 3 aliphatic rings. The number of piperazine rings is 1. The molecule has 2 saturated heterocycles. The lowest BCUT2D eigenvalue weighted by Crippen LogP contribution is -2.54. The van der Waals surface area contributed by atoms with E-state index in [2.05, 4.69) is 5.32 Å². The smallest absolute Gasteiger partial charge is 0.317 e. The highest BCUT2D eigenvalue weighted by Gasteiger charge is 2.51. The molecule has 41 heavy (non-hydrogen) atoms. The van der Waals surface area contributed by atoms with Gasteiger partial charge in [-0.15, -0.1) is 10.8 Å². The molecule has 3 aromatic rings. The van der Waals surface area contributed by atoms with Crippen LogP contribution in [-0.4, -0.2) is 77.3 Å². The second kappa shape index (κ2) is 9.76. The van der Waals surface area contributed by atoms with Crippen LogP contribution in [0.4, 0.5) is 10.6 Å². The molecule has 1 aromatic heterocycles. The molecule has 0 spiro atoms. The van der Waals surface area contributed by atoms with Crippen LogP contribution in [0.3, 0.4) is 0 Å². The molecule has 3 aliphatic heterocycles. The number of amides is 4. The molecule has 3 atom stereocenters. The van der Waals surface area contributed by atoms with Crippen LogP contribution in [0.5, 0.6) is 0 Å². The topological polar surface area (TPSA) is 144 Å². The summed E-state index contributed by atoms with van der Waals surface area (Å²) in [4.78, 5) is 43.7. The van der Waals surface area contributed by atoms with E-state index >= 15 is 0 Å². The van der Waals surface area contributed by atoms with Gasteiger partial charge in [0.2, 0.25) is 11.8 Å². The number of para-hydroxylation sites is 1. The highest BCUT2D eigenvalue weighted by atomic mass is 32.3. The van der Waals surface area contributed by atoms with Gasteiger partial charge in [0.25, 0.3) is 0 Å². The number of likely N-dealkylation sites (tertiary alicyclic amines) is 2. The number of hydrogen-bond donors (Lipinski definition) is 4. The molecule has 0 aliphatic carbocycles. The molecule has 2 fully saturated rings. The van der Waals surface area contributed by atoms with E-state index in [9.17, 15) is 23.5 Å². The maximum atomic E-state index is 14.3. The first-order chi connectivity index (χ1) is 19.4. The zero-order valence-electron chi connectivity index (χ0n) is 23.4. The third-order valence-corrected chi connectivity index (χ3v) is 10.4. The van der Waals surface area contributed by atoms with Gasteiger partial charge in [-0.1, -0.05) is 57.2 Å². The average molecular weight is 581 g/mol. The van der Waals surface area contributed by atoms with Crippen LogP contribution in [0, 0.1) is 5.41 Å². The molecule has 218 valence electrons. The first-order valence-electron chi connectivity index (χ1n) is 13.7. The van der Waals surface area contributed by atoms with Gasteiger partial charge in [0.05, 0.1) is 29.0 Å². The molecular weight excluding hydrogens is 544 g/mol. The minimum atomic E-state index is -3.21. The molecule has 12 heteroatoms. The fourth-order valence-electron chi connectivity index (χ4n) is 6.65. The van der Waals surface area contributed by atoms with E-state index in [1.807, 2.05) is 72.7 Å². The molecule has 4 amide bonds. The van der Waals surface area contributed by atoms with Crippen molar-refractivity contribution in [3.8, 4) is 0 Å². The summed E-state index contributed by atoms with van der Waals surface area (Å²) in [5.74, 6) is 0.211. The number of carbonyl (C=O) groups is 3. The van der Waals surface area contributed by atoms with E-state index in [1.165, 1.54) is 4.31 Å². The van der Waals surface area contributed by atoms with Gasteiger partial charge in [0, 0.05) is 25.0 Å². The molecule has 0 unspecified atom stereocenters. The van der Waals surface area contributed by atoms with Crippen molar-refractivity contribution >= 4 is 45.3 Å². The highest BCUT2D eigenvalue weighted by Crippen LogP contribution is 2.58. The van der Waals surface area contributed by atoms with E-state index in [-0.39, 0.29) is 30.4 Å². The molecule has 0 saturated carbocycles. The van der Waals surface area contributed by atoms with Crippen molar-refractivity contribution in [2.24, 2.45) is 11.1 Å². The number of hydrogen-bond acceptors (Lipinski definition) is 6. The molecule has 5 N–H and O–H groups in total. The molecule has 0 radical (unpaired) electrons. The number of nitrogens with one attached hydrogen (secondary N) is 1. The number of anilines is 1. The number of nitrogens with zero attached hydrogens (tertiary/aromatic N) is 4. The van der Waals surface area contributed by atoms with Crippen molar-refractivity contribution in [1.29, 1.82) is 0 Å². The highest BCUT2D eigenvalue weighted by molar-refractivity contribution is 8.22. The summed E-state index contributed by atoms with van der Waals surface area (Å²) in [7, 11) is -3.21. The first kappa shape index (κ1) is 27.6. The van der Waals surface area contributed by atoms with Crippen LogP contribution in [0.1, 0.15) is 38.8 Å². The summed E-state index contributed by atoms with van der Waals surface area (Å²) in [6.07, 6.45) is 0.670. The molecule has 6 rings (SSSR count). The summed E-state index contributed by atoms with van der Waals surface area (Å²) in [5.41, 5.74) is 6.61. The summed E-state index contributed by atoms with van der Waals surface area (Å²) < 4.78 is 25.0. The van der Waals surface area contributed by atoms with Crippen LogP contribution in [0.15, 0.2) is 59.5 Å². The SMILES string of the molecule is CC(C)(C)[C@@H](C(=O)N1C[C@@H]2C[C@H]1CN2C(=O)CN1Cc2ccccc2S1(O)O)n1c(NC(N)=O)cc2ccccc21. The van der Waals surface area contributed by atoms with Crippen molar-refractivity contribution in [1.82, 2.24) is 18.7 Å². The number of urea groups is 1. The summed E-state index contributed by atoms with van der Waals surface area (Å²) >= 11 is 0. The second-order valence-electron chi connectivity index (χ2n) is 12.2. The minimum Gasteiger partial charge on any atom is -0.351 e.